The third-order valence-electron chi connectivity index (χ3n) is 4.37. The first-order valence-corrected chi connectivity index (χ1v) is 6.33. The van der Waals surface area contributed by atoms with Gasteiger partial charge in [0, 0.05) is 19.1 Å². The van der Waals surface area contributed by atoms with Gasteiger partial charge in [0.15, 0.2) is 0 Å². The van der Waals surface area contributed by atoms with Crippen LogP contribution in [0.2, 0.25) is 0 Å². The molecule has 1 fully saturated rings. The first-order chi connectivity index (χ1) is 8.01. The topological polar surface area (TPSA) is 35.5 Å². The van der Waals surface area contributed by atoms with E-state index < -0.39 is 0 Å². The second-order valence-electron chi connectivity index (χ2n) is 5.20. The fourth-order valence-electron chi connectivity index (χ4n) is 2.77. The Bertz CT molecular complexity index is 273. The first kappa shape index (κ1) is 14.2. The molecule has 0 aromatic heterocycles. The maximum Gasteiger partial charge on any atom is 0.330 e. The smallest absolute Gasteiger partial charge is 0.330 e. The molecule has 1 rings (SSSR count). The van der Waals surface area contributed by atoms with Gasteiger partial charge >= 0.3 is 5.97 Å². The van der Waals surface area contributed by atoms with Crippen molar-refractivity contribution in [3.05, 3.63) is 12.7 Å². The lowest BCUT2D eigenvalue weighted by Crippen LogP contribution is -2.43. The second-order valence-corrected chi connectivity index (χ2v) is 5.20. The predicted octanol–water partition coefficient (Wildman–Crippen LogP) is 2.66. The molecule has 5 unspecified atom stereocenters. The van der Waals surface area contributed by atoms with Crippen LogP contribution in [0.1, 0.15) is 27.2 Å². The Hall–Kier alpha value is -0.830. The predicted molar refractivity (Wildman–Crippen MR) is 67.6 cm³/mol. The Morgan fingerprint density at radius 2 is 2.00 bits per heavy atom. The molecule has 17 heavy (non-hydrogen) atoms. The average molecular weight is 240 g/mol. The molecule has 98 valence electrons. The fraction of sp³-hybridized carbons (Fsp3) is 0.786. The Labute approximate surface area is 104 Å². The van der Waals surface area contributed by atoms with Gasteiger partial charge in [0.1, 0.15) is 0 Å². The number of carbonyl (C=O) groups is 1. The lowest BCUT2D eigenvalue weighted by atomic mass is 9.67. The lowest BCUT2D eigenvalue weighted by molar-refractivity contribution is -0.144. The zero-order chi connectivity index (χ0) is 13.0. The number of esters is 1. The van der Waals surface area contributed by atoms with Crippen molar-refractivity contribution in [2.24, 2.45) is 23.7 Å². The Morgan fingerprint density at radius 3 is 2.53 bits per heavy atom. The number of hydrogen-bond acceptors (Lipinski definition) is 3. The molecule has 1 aliphatic carbocycles. The third kappa shape index (κ3) is 3.32. The molecule has 0 N–H and O–H groups in total. The van der Waals surface area contributed by atoms with Gasteiger partial charge < -0.3 is 9.47 Å². The Balaban J connectivity index is 2.65. The molecular weight excluding hydrogens is 216 g/mol. The van der Waals surface area contributed by atoms with Crippen molar-refractivity contribution in [2.45, 2.75) is 33.3 Å². The summed E-state index contributed by atoms with van der Waals surface area (Å²) in [4.78, 5) is 11.1. The van der Waals surface area contributed by atoms with Crippen molar-refractivity contribution < 1.29 is 14.3 Å². The highest BCUT2D eigenvalue weighted by Gasteiger charge is 2.39. The summed E-state index contributed by atoms with van der Waals surface area (Å²) in [5.74, 6) is 1.73. The molecule has 0 amide bonds. The quantitative estimate of drug-likeness (QED) is 0.560. The molecule has 3 heteroatoms. The van der Waals surface area contributed by atoms with Crippen LogP contribution in [0, 0.1) is 23.7 Å². The molecule has 3 nitrogen and oxygen atoms in total. The Kier molecular flexibility index (Phi) is 5.19. The maximum absolute atomic E-state index is 11.1. The van der Waals surface area contributed by atoms with Gasteiger partial charge in [0.2, 0.25) is 0 Å². The number of carbonyl (C=O) groups excluding carboxylic acids is 1. The SMILES string of the molecule is C=CC(=O)OCC1C(OC)CC(C)C(C)C1C. The van der Waals surface area contributed by atoms with Crippen molar-refractivity contribution in [3.8, 4) is 0 Å². The van der Waals surface area contributed by atoms with Crippen LogP contribution in [-0.4, -0.2) is 25.8 Å². The van der Waals surface area contributed by atoms with Crippen LogP contribution in [0.5, 0.6) is 0 Å². The Morgan fingerprint density at radius 1 is 1.35 bits per heavy atom. The molecule has 1 aliphatic rings. The number of methoxy groups -OCH3 is 1. The highest BCUT2D eigenvalue weighted by atomic mass is 16.5. The molecule has 0 aliphatic heterocycles. The monoisotopic (exact) mass is 240 g/mol. The van der Waals surface area contributed by atoms with E-state index in [1.165, 1.54) is 6.08 Å². The lowest BCUT2D eigenvalue weighted by Gasteiger charge is -2.42. The van der Waals surface area contributed by atoms with Crippen LogP contribution >= 0.6 is 0 Å². The third-order valence-corrected chi connectivity index (χ3v) is 4.37. The van der Waals surface area contributed by atoms with Crippen LogP contribution in [0.15, 0.2) is 12.7 Å². The molecule has 0 heterocycles. The highest BCUT2D eigenvalue weighted by Crippen LogP contribution is 2.39. The average Bonchev–Trinajstić information content (AvgIpc) is 2.33. The zero-order valence-corrected chi connectivity index (χ0v) is 11.3. The van der Waals surface area contributed by atoms with Gasteiger partial charge in [-0.05, 0) is 24.2 Å². The normalized spacial score (nSPS) is 37.5. The van der Waals surface area contributed by atoms with Gasteiger partial charge in [0.25, 0.3) is 0 Å². The van der Waals surface area contributed by atoms with Gasteiger partial charge in [-0.3, -0.25) is 0 Å². The summed E-state index contributed by atoms with van der Waals surface area (Å²) < 4.78 is 10.7. The van der Waals surface area contributed by atoms with E-state index in [0.29, 0.717) is 24.4 Å². The molecule has 0 saturated heterocycles. The van der Waals surface area contributed by atoms with E-state index in [2.05, 4.69) is 27.4 Å². The summed E-state index contributed by atoms with van der Waals surface area (Å²) in [5.41, 5.74) is 0. The first-order valence-electron chi connectivity index (χ1n) is 6.33. The zero-order valence-electron chi connectivity index (χ0n) is 11.3. The van der Waals surface area contributed by atoms with Gasteiger partial charge in [-0.25, -0.2) is 4.79 Å². The summed E-state index contributed by atoms with van der Waals surface area (Å²) in [6, 6.07) is 0. The van der Waals surface area contributed by atoms with E-state index in [1.54, 1.807) is 7.11 Å². The summed E-state index contributed by atoms with van der Waals surface area (Å²) >= 11 is 0. The standard InChI is InChI=1S/C14H24O3/c1-6-14(15)17-8-12-11(4)10(3)9(2)7-13(12)16-5/h6,9-13H,1,7-8H2,2-5H3. The maximum atomic E-state index is 11.1. The minimum Gasteiger partial charge on any atom is -0.462 e. The molecular formula is C14H24O3. The van der Waals surface area contributed by atoms with Crippen molar-refractivity contribution in [3.63, 3.8) is 0 Å². The molecule has 0 radical (unpaired) electrons. The summed E-state index contributed by atoms with van der Waals surface area (Å²) in [7, 11) is 1.74. The van der Waals surface area contributed by atoms with E-state index in [9.17, 15) is 4.79 Å². The van der Waals surface area contributed by atoms with Crippen LogP contribution in [-0.2, 0) is 14.3 Å². The van der Waals surface area contributed by atoms with Crippen LogP contribution in [0.4, 0.5) is 0 Å². The second kappa shape index (κ2) is 6.20. The van der Waals surface area contributed by atoms with Gasteiger partial charge in [-0.15, -0.1) is 0 Å². The van der Waals surface area contributed by atoms with E-state index in [1.807, 2.05) is 0 Å². The minimum absolute atomic E-state index is 0.189. The van der Waals surface area contributed by atoms with Gasteiger partial charge in [-0.2, -0.15) is 0 Å². The van der Waals surface area contributed by atoms with Gasteiger partial charge in [-0.1, -0.05) is 27.4 Å². The van der Waals surface area contributed by atoms with Crippen molar-refractivity contribution in [1.82, 2.24) is 0 Å². The van der Waals surface area contributed by atoms with Crippen LogP contribution in [0.25, 0.3) is 0 Å². The van der Waals surface area contributed by atoms with E-state index >= 15 is 0 Å². The minimum atomic E-state index is -0.349. The number of hydrogen-bond donors (Lipinski definition) is 0. The van der Waals surface area contributed by atoms with E-state index in [-0.39, 0.29) is 18.0 Å². The van der Waals surface area contributed by atoms with Crippen LogP contribution in [0.3, 0.4) is 0 Å². The molecule has 0 spiro atoms. The molecule has 0 bridgehead atoms. The van der Waals surface area contributed by atoms with E-state index in [4.69, 9.17) is 9.47 Å². The fourth-order valence-corrected chi connectivity index (χ4v) is 2.77. The molecule has 0 aromatic rings. The summed E-state index contributed by atoms with van der Waals surface area (Å²) in [5, 5.41) is 0. The van der Waals surface area contributed by atoms with Crippen molar-refractivity contribution in [1.29, 1.82) is 0 Å². The van der Waals surface area contributed by atoms with Crippen molar-refractivity contribution in [2.75, 3.05) is 13.7 Å². The summed E-state index contributed by atoms with van der Waals surface area (Å²) in [6.45, 7) is 10.6. The van der Waals surface area contributed by atoms with Gasteiger partial charge in [0.05, 0.1) is 12.7 Å². The van der Waals surface area contributed by atoms with Crippen molar-refractivity contribution >= 4 is 5.97 Å². The summed E-state index contributed by atoms with van der Waals surface area (Å²) in [6.07, 6.45) is 2.44. The largest absolute Gasteiger partial charge is 0.462 e. The number of rotatable bonds is 4. The van der Waals surface area contributed by atoms with Crippen LogP contribution < -0.4 is 0 Å². The molecule has 1 saturated carbocycles. The molecule has 0 aromatic carbocycles. The van der Waals surface area contributed by atoms with E-state index in [0.717, 1.165) is 6.42 Å². The molecule has 5 atom stereocenters. The highest BCUT2D eigenvalue weighted by molar-refractivity contribution is 5.81. The number of ether oxygens (including phenoxy) is 2.